The van der Waals surface area contributed by atoms with Crippen LogP contribution in [0.1, 0.15) is 13.8 Å². The number of nitrogens with zero attached hydrogens (tertiary/aromatic N) is 1. The first-order valence-corrected chi connectivity index (χ1v) is 3.38. The molecule has 0 aromatic carbocycles. The summed E-state index contributed by atoms with van der Waals surface area (Å²) >= 11 is 0. The SMILES string of the molecule is C=C(C)C(=O)N(OC(C)=O)C(=N)N. The molecule has 1 amide bonds. The van der Waals surface area contributed by atoms with Crippen molar-refractivity contribution in [2.45, 2.75) is 13.8 Å². The van der Waals surface area contributed by atoms with Gasteiger partial charge >= 0.3 is 5.97 Å². The lowest BCUT2D eigenvalue weighted by Gasteiger charge is -2.17. The van der Waals surface area contributed by atoms with Gasteiger partial charge in [0.2, 0.25) is 5.96 Å². The molecule has 0 aliphatic carbocycles. The summed E-state index contributed by atoms with van der Waals surface area (Å²) in [6, 6.07) is 0. The van der Waals surface area contributed by atoms with Gasteiger partial charge < -0.3 is 10.6 Å². The molecule has 0 radical (unpaired) electrons. The first kappa shape index (κ1) is 11.2. The van der Waals surface area contributed by atoms with Crippen LogP contribution in [-0.4, -0.2) is 22.9 Å². The molecule has 0 saturated carbocycles. The average Bonchev–Trinajstić information content (AvgIpc) is 1.97. The number of carbonyl (C=O) groups is 2. The van der Waals surface area contributed by atoms with Gasteiger partial charge in [0, 0.05) is 12.5 Å². The van der Waals surface area contributed by atoms with Crippen LogP contribution in [0.2, 0.25) is 0 Å². The van der Waals surface area contributed by atoms with Crippen LogP contribution in [0.3, 0.4) is 0 Å². The summed E-state index contributed by atoms with van der Waals surface area (Å²) in [5.74, 6) is -2.12. The molecule has 0 fully saturated rings. The topological polar surface area (TPSA) is 96.5 Å². The van der Waals surface area contributed by atoms with Crippen molar-refractivity contribution in [2.24, 2.45) is 5.73 Å². The van der Waals surface area contributed by atoms with Crippen LogP contribution in [0, 0.1) is 5.41 Å². The Hall–Kier alpha value is -1.85. The second kappa shape index (κ2) is 4.24. The molecule has 0 aliphatic heterocycles. The minimum absolute atomic E-state index is 0.122. The molecule has 0 bridgehead atoms. The molecule has 0 aromatic rings. The molecule has 3 N–H and O–H groups in total. The first-order chi connectivity index (χ1) is 5.86. The molecule has 72 valence electrons. The monoisotopic (exact) mass is 185 g/mol. The second-order valence-electron chi connectivity index (χ2n) is 2.35. The predicted octanol–water partition coefficient (Wildman–Crippen LogP) is -0.237. The van der Waals surface area contributed by atoms with E-state index in [2.05, 4.69) is 11.4 Å². The van der Waals surface area contributed by atoms with Crippen molar-refractivity contribution in [1.82, 2.24) is 5.06 Å². The molecule has 6 heteroatoms. The summed E-state index contributed by atoms with van der Waals surface area (Å²) in [6.45, 7) is 5.85. The van der Waals surface area contributed by atoms with E-state index in [9.17, 15) is 9.59 Å². The van der Waals surface area contributed by atoms with Crippen molar-refractivity contribution in [2.75, 3.05) is 0 Å². The Morgan fingerprint density at radius 3 is 2.15 bits per heavy atom. The maximum atomic E-state index is 11.1. The zero-order valence-electron chi connectivity index (χ0n) is 7.46. The highest BCUT2D eigenvalue weighted by atomic mass is 16.7. The lowest BCUT2D eigenvalue weighted by Crippen LogP contribution is -2.42. The smallest absolute Gasteiger partial charge is 0.330 e. The van der Waals surface area contributed by atoms with Crippen LogP contribution in [0.25, 0.3) is 0 Å². The molecule has 0 unspecified atom stereocenters. The highest BCUT2D eigenvalue weighted by Crippen LogP contribution is 1.99. The van der Waals surface area contributed by atoms with Gasteiger partial charge in [0.1, 0.15) is 0 Å². The van der Waals surface area contributed by atoms with E-state index in [0.717, 1.165) is 6.92 Å². The van der Waals surface area contributed by atoms with Gasteiger partial charge in [-0.05, 0) is 6.92 Å². The fourth-order valence-electron chi connectivity index (χ4n) is 0.502. The minimum atomic E-state index is -0.732. The summed E-state index contributed by atoms with van der Waals surface area (Å²) < 4.78 is 0. The number of carbonyl (C=O) groups excluding carboxylic acids is 2. The Kier molecular flexibility index (Phi) is 3.64. The van der Waals surface area contributed by atoms with Gasteiger partial charge in [-0.15, -0.1) is 0 Å². The van der Waals surface area contributed by atoms with E-state index in [1.165, 1.54) is 6.92 Å². The van der Waals surface area contributed by atoms with Gasteiger partial charge in [-0.1, -0.05) is 11.6 Å². The molecule has 0 atom stereocenters. The Morgan fingerprint density at radius 1 is 1.46 bits per heavy atom. The normalized spacial score (nSPS) is 8.77. The van der Waals surface area contributed by atoms with Gasteiger partial charge in [-0.25, -0.2) is 4.79 Å². The van der Waals surface area contributed by atoms with Crippen molar-refractivity contribution in [3.05, 3.63) is 12.2 Å². The van der Waals surface area contributed by atoms with Crippen molar-refractivity contribution >= 4 is 17.8 Å². The molecule has 6 nitrogen and oxygen atoms in total. The van der Waals surface area contributed by atoms with Crippen LogP contribution in [0.15, 0.2) is 12.2 Å². The molecular formula is C7H11N3O3. The van der Waals surface area contributed by atoms with E-state index >= 15 is 0 Å². The number of amides is 1. The molecule has 0 rings (SSSR count). The van der Waals surface area contributed by atoms with Gasteiger partial charge in [-0.3, -0.25) is 10.2 Å². The Labute approximate surface area is 75.4 Å². The maximum absolute atomic E-state index is 11.1. The van der Waals surface area contributed by atoms with Crippen molar-refractivity contribution < 1.29 is 14.4 Å². The van der Waals surface area contributed by atoms with Crippen LogP contribution < -0.4 is 5.73 Å². The quantitative estimate of drug-likeness (QED) is 0.255. The Morgan fingerprint density at radius 2 is 1.92 bits per heavy atom. The van der Waals surface area contributed by atoms with Gasteiger partial charge in [0.15, 0.2) is 0 Å². The van der Waals surface area contributed by atoms with Crippen LogP contribution in [0.4, 0.5) is 0 Å². The van der Waals surface area contributed by atoms with E-state index in [0.29, 0.717) is 5.06 Å². The molecular weight excluding hydrogens is 174 g/mol. The minimum Gasteiger partial charge on any atom is -0.367 e. The largest absolute Gasteiger partial charge is 0.367 e. The van der Waals surface area contributed by atoms with Gasteiger partial charge in [0.25, 0.3) is 5.91 Å². The number of nitrogens with one attached hydrogen (secondary N) is 1. The fraction of sp³-hybridized carbons (Fsp3) is 0.286. The Balaban J connectivity index is 4.61. The highest BCUT2D eigenvalue weighted by Gasteiger charge is 2.20. The zero-order valence-corrected chi connectivity index (χ0v) is 7.46. The van der Waals surface area contributed by atoms with Crippen LogP contribution in [-0.2, 0) is 14.4 Å². The number of rotatable bonds is 1. The molecule has 0 saturated heterocycles. The third kappa shape index (κ3) is 3.37. The second-order valence-corrected chi connectivity index (χ2v) is 2.35. The third-order valence-corrected chi connectivity index (χ3v) is 0.988. The van der Waals surface area contributed by atoms with Crippen LogP contribution >= 0.6 is 0 Å². The lowest BCUT2D eigenvalue weighted by atomic mass is 10.3. The number of hydroxylamine groups is 2. The first-order valence-electron chi connectivity index (χ1n) is 3.38. The van der Waals surface area contributed by atoms with Crippen molar-refractivity contribution in [3.63, 3.8) is 0 Å². The average molecular weight is 185 g/mol. The van der Waals surface area contributed by atoms with Gasteiger partial charge in [0.05, 0.1) is 0 Å². The molecule has 13 heavy (non-hydrogen) atoms. The zero-order chi connectivity index (χ0) is 10.6. The fourth-order valence-corrected chi connectivity index (χ4v) is 0.502. The van der Waals surface area contributed by atoms with Crippen molar-refractivity contribution in [1.29, 1.82) is 5.41 Å². The van der Waals surface area contributed by atoms with E-state index in [4.69, 9.17) is 11.1 Å². The predicted molar refractivity (Wildman–Crippen MR) is 45.3 cm³/mol. The molecule has 0 aromatic heterocycles. The molecule has 0 heterocycles. The number of hydrogen-bond donors (Lipinski definition) is 2. The number of hydrogen-bond acceptors (Lipinski definition) is 4. The van der Waals surface area contributed by atoms with E-state index in [1.54, 1.807) is 0 Å². The van der Waals surface area contributed by atoms with Gasteiger partial charge in [-0.2, -0.15) is 0 Å². The highest BCUT2D eigenvalue weighted by molar-refractivity contribution is 6.02. The summed E-state index contributed by atoms with van der Waals surface area (Å²) in [6.07, 6.45) is 0. The van der Waals surface area contributed by atoms with E-state index in [-0.39, 0.29) is 5.57 Å². The van der Waals surface area contributed by atoms with E-state index in [1.807, 2.05) is 0 Å². The summed E-state index contributed by atoms with van der Waals surface area (Å²) in [5.41, 5.74) is 5.12. The number of guanidine groups is 1. The molecule has 0 spiro atoms. The summed E-state index contributed by atoms with van der Waals surface area (Å²) in [5, 5.41) is 7.31. The van der Waals surface area contributed by atoms with E-state index < -0.39 is 17.8 Å². The van der Waals surface area contributed by atoms with Crippen molar-refractivity contribution in [3.8, 4) is 0 Å². The maximum Gasteiger partial charge on any atom is 0.330 e. The summed E-state index contributed by atoms with van der Waals surface area (Å²) in [7, 11) is 0. The Bertz CT molecular complexity index is 272. The van der Waals surface area contributed by atoms with Crippen LogP contribution in [0.5, 0.6) is 0 Å². The third-order valence-electron chi connectivity index (χ3n) is 0.988. The molecule has 0 aliphatic rings. The summed E-state index contributed by atoms with van der Waals surface area (Å²) in [4.78, 5) is 26.0. The lowest BCUT2D eigenvalue weighted by molar-refractivity contribution is -0.178. The number of nitrogens with two attached hydrogens (primary N) is 1. The standard InChI is InChI=1S/C7H11N3O3/c1-4(2)6(12)10(7(8)9)13-5(3)11/h1H2,2-3H3,(H3,8,9).